The molecule has 0 aliphatic carbocycles. The van der Waals surface area contributed by atoms with Crippen LogP contribution in [0.1, 0.15) is 13.8 Å². The second-order valence-electron chi connectivity index (χ2n) is 3.34. The van der Waals surface area contributed by atoms with Crippen LogP contribution in [0.5, 0.6) is 0 Å². The van der Waals surface area contributed by atoms with Crippen molar-refractivity contribution < 1.29 is 27.9 Å². The summed E-state index contributed by atoms with van der Waals surface area (Å²) in [6.45, 7) is 1.93. The van der Waals surface area contributed by atoms with Crippen molar-refractivity contribution in [2.75, 3.05) is 0 Å². The fraction of sp³-hybridized carbons (Fsp3) is 0.750. The van der Waals surface area contributed by atoms with Crippen molar-refractivity contribution in [2.24, 2.45) is 17.6 Å². The van der Waals surface area contributed by atoms with Crippen LogP contribution in [0.4, 0.5) is 13.2 Å². The molecule has 2 unspecified atom stereocenters. The van der Waals surface area contributed by atoms with Crippen LogP contribution in [-0.2, 0) is 9.59 Å². The predicted molar refractivity (Wildman–Crippen MR) is 45.0 cm³/mol. The summed E-state index contributed by atoms with van der Waals surface area (Å²) in [4.78, 5) is 21.5. The number of hydrogen-bond acceptors (Lipinski definition) is 3. The predicted octanol–water partition coefficient (Wildman–Crippen LogP) is 0.802. The number of rotatable bonds is 4. The number of carboxylic acid groups (broad SMARTS) is 1. The van der Waals surface area contributed by atoms with Crippen LogP contribution in [0.3, 0.4) is 0 Å². The summed E-state index contributed by atoms with van der Waals surface area (Å²) in [5, 5.41) is 8.45. The van der Waals surface area contributed by atoms with E-state index in [2.05, 4.69) is 0 Å². The third-order valence-corrected chi connectivity index (χ3v) is 2.00. The minimum Gasteiger partial charge on any atom is -0.481 e. The normalized spacial score (nSPS) is 18.0. The van der Waals surface area contributed by atoms with Gasteiger partial charge < -0.3 is 10.8 Å². The zero-order valence-electron chi connectivity index (χ0n) is 8.21. The van der Waals surface area contributed by atoms with E-state index < -0.39 is 35.8 Å². The minimum atomic E-state index is -4.89. The van der Waals surface area contributed by atoms with Crippen LogP contribution in [-0.4, -0.2) is 29.1 Å². The van der Waals surface area contributed by atoms with Crippen LogP contribution >= 0.6 is 0 Å². The van der Waals surface area contributed by atoms with Gasteiger partial charge in [-0.15, -0.1) is 0 Å². The largest absolute Gasteiger partial charge is 0.481 e. The van der Waals surface area contributed by atoms with Crippen molar-refractivity contribution in [3.8, 4) is 0 Å². The number of aliphatic carboxylic acids is 1. The third-order valence-electron chi connectivity index (χ3n) is 2.00. The molecule has 0 bridgehead atoms. The molecule has 0 aliphatic rings. The molecule has 0 heterocycles. The Hall–Kier alpha value is -1.11. The lowest BCUT2D eigenvalue weighted by Gasteiger charge is -2.23. The van der Waals surface area contributed by atoms with E-state index in [1.165, 1.54) is 0 Å². The molecule has 0 spiro atoms. The van der Waals surface area contributed by atoms with Gasteiger partial charge in [0.2, 0.25) is 0 Å². The Labute approximate surface area is 84.2 Å². The Morgan fingerprint density at radius 1 is 1.27 bits per heavy atom. The highest BCUT2D eigenvalue weighted by molar-refractivity contribution is 5.90. The first kappa shape index (κ1) is 13.9. The second-order valence-corrected chi connectivity index (χ2v) is 3.34. The summed E-state index contributed by atoms with van der Waals surface area (Å²) in [7, 11) is 0. The van der Waals surface area contributed by atoms with Gasteiger partial charge in [-0.3, -0.25) is 9.59 Å². The molecule has 0 amide bonds. The summed E-state index contributed by atoms with van der Waals surface area (Å²) < 4.78 is 37.2. The van der Waals surface area contributed by atoms with Crippen molar-refractivity contribution in [1.29, 1.82) is 0 Å². The maximum atomic E-state index is 12.4. The fourth-order valence-electron chi connectivity index (χ4n) is 1.12. The molecule has 0 fully saturated rings. The smallest absolute Gasteiger partial charge is 0.399 e. The van der Waals surface area contributed by atoms with Gasteiger partial charge in [0.1, 0.15) is 5.92 Å². The van der Waals surface area contributed by atoms with E-state index in [-0.39, 0.29) is 0 Å². The summed E-state index contributed by atoms with van der Waals surface area (Å²) in [6.07, 6.45) is -4.89. The molecule has 7 heteroatoms. The average molecular weight is 227 g/mol. The zero-order chi connectivity index (χ0) is 12.4. The fourth-order valence-corrected chi connectivity index (χ4v) is 1.12. The second kappa shape index (κ2) is 4.61. The third kappa shape index (κ3) is 3.50. The van der Waals surface area contributed by atoms with Crippen molar-refractivity contribution in [2.45, 2.75) is 26.1 Å². The molecule has 3 N–H and O–H groups in total. The van der Waals surface area contributed by atoms with Crippen molar-refractivity contribution in [3.05, 3.63) is 0 Å². The first-order valence-electron chi connectivity index (χ1n) is 4.17. The average Bonchev–Trinajstić information content (AvgIpc) is 2.01. The number of Topliss-reactive ketones (excluding diaryl/α,β-unsaturated/α-hetero) is 1. The SMILES string of the molecule is CC(C(=O)O)C(C(=O)[C@H](C)N)C(F)(F)F. The van der Waals surface area contributed by atoms with Crippen LogP contribution in [0.2, 0.25) is 0 Å². The molecule has 0 aliphatic heterocycles. The van der Waals surface area contributed by atoms with Gasteiger partial charge in [-0.1, -0.05) is 6.92 Å². The van der Waals surface area contributed by atoms with Crippen molar-refractivity contribution in [1.82, 2.24) is 0 Å². The van der Waals surface area contributed by atoms with E-state index in [9.17, 15) is 22.8 Å². The summed E-state index contributed by atoms with van der Waals surface area (Å²) >= 11 is 0. The Morgan fingerprint density at radius 3 is 1.87 bits per heavy atom. The molecule has 0 radical (unpaired) electrons. The zero-order valence-corrected chi connectivity index (χ0v) is 8.21. The molecular weight excluding hydrogens is 215 g/mol. The number of carbonyl (C=O) groups excluding carboxylic acids is 1. The first-order valence-corrected chi connectivity index (χ1v) is 4.17. The highest BCUT2D eigenvalue weighted by atomic mass is 19.4. The van der Waals surface area contributed by atoms with E-state index in [1.54, 1.807) is 0 Å². The first-order chi connectivity index (χ1) is 6.59. The van der Waals surface area contributed by atoms with Crippen molar-refractivity contribution in [3.63, 3.8) is 0 Å². The van der Waals surface area contributed by atoms with E-state index in [0.29, 0.717) is 0 Å². The molecule has 0 saturated carbocycles. The molecule has 0 aromatic rings. The van der Waals surface area contributed by atoms with Crippen LogP contribution < -0.4 is 5.73 Å². The molecule has 88 valence electrons. The standard InChI is InChI=1S/C8H12F3NO3/c1-3(7(14)15)5(8(9,10)11)6(13)4(2)12/h3-5H,12H2,1-2H3,(H,14,15)/t3?,4-,5?/m0/s1. The monoisotopic (exact) mass is 227 g/mol. The molecule has 0 aromatic carbocycles. The van der Waals surface area contributed by atoms with Gasteiger partial charge in [-0.05, 0) is 6.92 Å². The van der Waals surface area contributed by atoms with Crippen molar-refractivity contribution >= 4 is 11.8 Å². The van der Waals surface area contributed by atoms with Gasteiger partial charge >= 0.3 is 12.1 Å². The Bertz CT molecular complexity index is 262. The van der Waals surface area contributed by atoms with Gasteiger partial charge in [-0.25, -0.2) is 0 Å². The molecule has 0 saturated heterocycles. The summed E-state index contributed by atoms with van der Waals surface area (Å²) in [5.74, 6) is -7.36. The molecule has 15 heavy (non-hydrogen) atoms. The number of nitrogens with two attached hydrogens (primary N) is 1. The van der Waals surface area contributed by atoms with E-state index in [0.717, 1.165) is 13.8 Å². The van der Waals surface area contributed by atoms with Crippen LogP contribution in [0.15, 0.2) is 0 Å². The maximum Gasteiger partial charge on any atom is 0.399 e. The van der Waals surface area contributed by atoms with Gasteiger partial charge in [0.25, 0.3) is 0 Å². The quantitative estimate of drug-likeness (QED) is 0.744. The van der Waals surface area contributed by atoms with E-state index in [1.807, 2.05) is 0 Å². The van der Waals surface area contributed by atoms with Crippen LogP contribution in [0, 0.1) is 11.8 Å². The number of carbonyl (C=O) groups is 2. The summed E-state index contributed by atoms with van der Waals surface area (Å²) in [5.41, 5.74) is 5.03. The molecule has 0 aromatic heterocycles. The number of ketones is 1. The minimum absolute atomic E-state index is 0.834. The van der Waals surface area contributed by atoms with Gasteiger partial charge in [0.05, 0.1) is 12.0 Å². The number of halogens is 3. The molecule has 0 rings (SSSR count). The van der Waals surface area contributed by atoms with E-state index in [4.69, 9.17) is 10.8 Å². The summed E-state index contributed by atoms with van der Waals surface area (Å²) in [6, 6.07) is -1.33. The lowest BCUT2D eigenvalue weighted by molar-refractivity contribution is -0.197. The number of carboxylic acids is 1. The molecular formula is C8H12F3NO3. The number of alkyl halides is 3. The maximum absolute atomic E-state index is 12.4. The highest BCUT2D eigenvalue weighted by Gasteiger charge is 2.50. The van der Waals surface area contributed by atoms with Crippen LogP contribution in [0.25, 0.3) is 0 Å². The Balaban J connectivity index is 5.08. The Kier molecular flexibility index (Phi) is 4.27. The van der Waals surface area contributed by atoms with E-state index >= 15 is 0 Å². The van der Waals surface area contributed by atoms with Gasteiger partial charge in [0.15, 0.2) is 5.78 Å². The topological polar surface area (TPSA) is 80.4 Å². The van der Waals surface area contributed by atoms with Gasteiger partial charge in [0, 0.05) is 0 Å². The Morgan fingerprint density at radius 2 is 1.67 bits per heavy atom. The highest BCUT2D eigenvalue weighted by Crippen LogP contribution is 2.33. The molecule has 4 nitrogen and oxygen atoms in total. The molecule has 3 atom stereocenters. The van der Waals surface area contributed by atoms with Gasteiger partial charge in [-0.2, -0.15) is 13.2 Å². The lowest BCUT2D eigenvalue weighted by atomic mass is 9.87. The lowest BCUT2D eigenvalue weighted by Crippen LogP contribution is -2.45. The number of hydrogen-bond donors (Lipinski definition) is 2.